The Kier molecular flexibility index (Phi) is 25.9. The zero-order valence-electron chi connectivity index (χ0n) is 18.1. The second-order valence-electron chi connectivity index (χ2n) is 6.98. The first-order valence-electron chi connectivity index (χ1n) is 11.0. The highest BCUT2D eigenvalue weighted by Crippen LogP contribution is 2.09. The number of amides is 1. The first kappa shape index (κ1) is 28.6. The summed E-state index contributed by atoms with van der Waals surface area (Å²) >= 11 is 0. The van der Waals surface area contributed by atoms with Crippen LogP contribution in [0.3, 0.4) is 0 Å². The van der Waals surface area contributed by atoms with Gasteiger partial charge in [-0.25, -0.2) is 0 Å². The molecule has 5 nitrogen and oxygen atoms in total. The van der Waals surface area contributed by atoms with E-state index in [-0.39, 0.29) is 19.1 Å². The van der Waals surface area contributed by atoms with Gasteiger partial charge in [-0.2, -0.15) is 0 Å². The zero-order chi connectivity index (χ0) is 21.3. The third-order valence-electron chi connectivity index (χ3n) is 4.21. The number of hydrogen-bond acceptors (Lipinski definition) is 4. The number of carbonyl (C=O) groups excluding carboxylic acids is 2. The molecule has 0 radical (unpaired) electrons. The van der Waals surface area contributed by atoms with Gasteiger partial charge >= 0.3 is 5.97 Å². The SMILES string of the molecule is C=CCOC(=O)CN.CCCCCCCC/C=C\CCCCCCCC(N)=O. The Hall–Kier alpha value is -1.62. The highest BCUT2D eigenvalue weighted by atomic mass is 16.5. The maximum absolute atomic E-state index is 10.5. The summed E-state index contributed by atoms with van der Waals surface area (Å²) in [5.74, 6) is -0.562. The lowest BCUT2D eigenvalue weighted by Gasteiger charge is -1.99. The Morgan fingerprint density at radius 1 is 0.857 bits per heavy atom. The second-order valence-corrected chi connectivity index (χ2v) is 6.98. The molecule has 0 saturated heterocycles. The van der Waals surface area contributed by atoms with Crippen LogP contribution in [-0.2, 0) is 14.3 Å². The molecule has 164 valence electrons. The van der Waals surface area contributed by atoms with Gasteiger partial charge in [0.05, 0.1) is 6.54 Å². The van der Waals surface area contributed by atoms with Gasteiger partial charge in [0.15, 0.2) is 0 Å². The van der Waals surface area contributed by atoms with Crippen molar-refractivity contribution in [1.82, 2.24) is 0 Å². The number of rotatable bonds is 18. The molecule has 0 unspecified atom stereocenters. The van der Waals surface area contributed by atoms with Crippen molar-refractivity contribution in [2.75, 3.05) is 13.2 Å². The van der Waals surface area contributed by atoms with Crippen LogP contribution in [0.25, 0.3) is 0 Å². The fraction of sp³-hybridized carbons (Fsp3) is 0.739. The topological polar surface area (TPSA) is 95.4 Å². The molecule has 0 fully saturated rings. The molecule has 0 aliphatic carbocycles. The summed E-state index contributed by atoms with van der Waals surface area (Å²) in [7, 11) is 0. The fourth-order valence-corrected chi connectivity index (χ4v) is 2.58. The van der Waals surface area contributed by atoms with Gasteiger partial charge in [-0.3, -0.25) is 9.59 Å². The molecule has 0 aromatic carbocycles. The zero-order valence-corrected chi connectivity index (χ0v) is 18.1. The highest BCUT2D eigenvalue weighted by Gasteiger charge is 1.94. The first-order chi connectivity index (χ1) is 13.6. The number of ether oxygens (including phenoxy) is 1. The van der Waals surface area contributed by atoms with Crippen LogP contribution >= 0.6 is 0 Å². The van der Waals surface area contributed by atoms with Crippen molar-refractivity contribution in [1.29, 1.82) is 0 Å². The lowest BCUT2D eigenvalue weighted by molar-refractivity contribution is -0.140. The maximum atomic E-state index is 10.5. The number of primary amides is 1. The predicted octanol–water partition coefficient (Wildman–Crippen LogP) is 5.18. The van der Waals surface area contributed by atoms with Crippen molar-refractivity contribution in [3.8, 4) is 0 Å². The van der Waals surface area contributed by atoms with Crippen molar-refractivity contribution >= 4 is 11.9 Å². The van der Waals surface area contributed by atoms with Crippen LogP contribution in [0.1, 0.15) is 96.8 Å². The average Bonchev–Trinajstić information content (AvgIpc) is 2.69. The van der Waals surface area contributed by atoms with Gasteiger partial charge in [0.1, 0.15) is 6.61 Å². The van der Waals surface area contributed by atoms with E-state index in [0.29, 0.717) is 6.42 Å². The molecule has 0 aliphatic heterocycles. The minimum Gasteiger partial charge on any atom is -0.461 e. The van der Waals surface area contributed by atoms with Crippen LogP contribution in [0.5, 0.6) is 0 Å². The van der Waals surface area contributed by atoms with Gasteiger partial charge in [-0.15, -0.1) is 0 Å². The number of esters is 1. The quantitative estimate of drug-likeness (QED) is 0.189. The molecular weight excluding hydrogens is 352 g/mol. The number of nitrogens with two attached hydrogens (primary N) is 2. The first-order valence-corrected chi connectivity index (χ1v) is 11.0. The smallest absolute Gasteiger partial charge is 0.320 e. The van der Waals surface area contributed by atoms with Gasteiger partial charge in [0, 0.05) is 6.42 Å². The Balaban J connectivity index is 0. The summed E-state index contributed by atoms with van der Waals surface area (Å²) in [6.45, 7) is 5.80. The lowest BCUT2D eigenvalue weighted by atomic mass is 10.1. The molecule has 28 heavy (non-hydrogen) atoms. The van der Waals surface area contributed by atoms with E-state index in [2.05, 4.69) is 30.4 Å². The van der Waals surface area contributed by atoms with Crippen molar-refractivity contribution < 1.29 is 14.3 Å². The Bertz CT molecular complexity index is 395. The van der Waals surface area contributed by atoms with Crippen LogP contribution in [0.15, 0.2) is 24.8 Å². The Morgan fingerprint density at radius 2 is 1.36 bits per heavy atom. The van der Waals surface area contributed by atoms with E-state index < -0.39 is 5.97 Å². The molecule has 0 bridgehead atoms. The van der Waals surface area contributed by atoms with E-state index in [9.17, 15) is 9.59 Å². The molecule has 0 aromatic rings. The molecule has 0 heterocycles. The molecule has 0 spiro atoms. The van der Waals surface area contributed by atoms with Crippen LogP contribution < -0.4 is 11.5 Å². The summed E-state index contributed by atoms with van der Waals surface area (Å²) in [5, 5.41) is 0. The van der Waals surface area contributed by atoms with Crippen molar-refractivity contribution in [2.45, 2.75) is 96.8 Å². The van der Waals surface area contributed by atoms with E-state index >= 15 is 0 Å². The van der Waals surface area contributed by atoms with Crippen molar-refractivity contribution in [3.63, 3.8) is 0 Å². The largest absolute Gasteiger partial charge is 0.461 e. The molecule has 0 saturated carbocycles. The van der Waals surface area contributed by atoms with E-state index in [0.717, 1.165) is 12.8 Å². The third-order valence-corrected chi connectivity index (χ3v) is 4.21. The van der Waals surface area contributed by atoms with Gasteiger partial charge in [-0.1, -0.05) is 83.1 Å². The fourth-order valence-electron chi connectivity index (χ4n) is 2.58. The van der Waals surface area contributed by atoms with Crippen LogP contribution in [0, 0.1) is 0 Å². The van der Waals surface area contributed by atoms with Crippen LogP contribution in [0.4, 0.5) is 0 Å². The van der Waals surface area contributed by atoms with Gasteiger partial charge in [0.2, 0.25) is 5.91 Å². The summed E-state index contributed by atoms with van der Waals surface area (Å²) in [5.41, 5.74) is 10.0. The molecule has 0 atom stereocenters. The lowest BCUT2D eigenvalue weighted by Crippen LogP contribution is -2.16. The summed E-state index contributed by atoms with van der Waals surface area (Å²) < 4.78 is 4.46. The predicted molar refractivity (Wildman–Crippen MR) is 119 cm³/mol. The molecule has 0 aromatic heterocycles. The molecule has 5 heteroatoms. The summed E-state index contributed by atoms with van der Waals surface area (Å²) in [6.07, 6.45) is 23.4. The van der Waals surface area contributed by atoms with Gasteiger partial charge in [-0.05, 0) is 32.1 Å². The summed E-state index contributed by atoms with van der Waals surface area (Å²) in [6, 6.07) is 0. The van der Waals surface area contributed by atoms with E-state index in [1.165, 1.54) is 76.7 Å². The maximum Gasteiger partial charge on any atom is 0.320 e. The van der Waals surface area contributed by atoms with Gasteiger partial charge in [0.25, 0.3) is 0 Å². The normalized spacial score (nSPS) is 10.4. The molecular formula is C23H44N2O3. The third kappa shape index (κ3) is 29.2. The number of unbranched alkanes of at least 4 members (excludes halogenated alkanes) is 11. The standard InChI is InChI=1S/C18H35NO.C5H9NO2/c1-2-3-4-5-6-7-8-9-10-11-12-13-14-15-16-17-18(19)20;1-2-3-8-5(7)4-6/h9-10H,2-8,11-17H2,1H3,(H2,19,20);2H,1,3-4,6H2/b10-9-;. The minimum atomic E-state index is -0.398. The number of allylic oxidation sites excluding steroid dienone is 2. The van der Waals surface area contributed by atoms with Gasteiger partial charge < -0.3 is 16.2 Å². The molecule has 4 N–H and O–H groups in total. The molecule has 0 rings (SSSR count). The monoisotopic (exact) mass is 396 g/mol. The van der Waals surface area contributed by atoms with Crippen molar-refractivity contribution in [3.05, 3.63) is 24.8 Å². The highest BCUT2D eigenvalue weighted by molar-refractivity contribution is 5.73. The number of carbonyl (C=O) groups is 2. The van der Waals surface area contributed by atoms with E-state index in [1.807, 2.05) is 0 Å². The second kappa shape index (κ2) is 25.4. The summed E-state index contributed by atoms with van der Waals surface area (Å²) in [4.78, 5) is 20.7. The van der Waals surface area contributed by atoms with Crippen LogP contribution in [0.2, 0.25) is 0 Å². The van der Waals surface area contributed by atoms with Crippen molar-refractivity contribution in [2.24, 2.45) is 11.5 Å². The molecule has 0 aliphatic rings. The Morgan fingerprint density at radius 3 is 1.82 bits per heavy atom. The number of hydrogen-bond donors (Lipinski definition) is 2. The minimum absolute atomic E-state index is 0.0617. The molecule has 1 amide bonds. The van der Waals surface area contributed by atoms with Crippen LogP contribution in [-0.4, -0.2) is 25.0 Å². The van der Waals surface area contributed by atoms with E-state index in [1.54, 1.807) is 0 Å². The average molecular weight is 397 g/mol. The Labute approximate surface area is 173 Å². The van der Waals surface area contributed by atoms with E-state index in [4.69, 9.17) is 11.5 Å².